The molecule has 21 heavy (non-hydrogen) atoms. The maximum absolute atomic E-state index is 13.1. The first-order valence-electron chi connectivity index (χ1n) is 6.74. The molecule has 1 aromatic heterocycles. The molecule has 0 radical (unpaired) electrons. The maximum atomic E-state index is 13.1. The number of aryl methyl sites for hydroxylation is 1. The first-order valence-corrected chi connectivity index (χ1v) is 7.12. The minimum atomic E-state index is -0.564. The van der Waals surface area contributed by atoms with Gasteiger partial charge in [-0.2, -0.15) is 0 Å². The van der Waals surface area contributed by atoms with Crippen LogP contribution in [0.1, 0.15) is 29.7 Å². The average Bonchev–Trinajstić information content (AvgIpc) is 2.37. The summed E-state index contributed by atoms with van der Waals surface area (Å²) in [5.74, 6) is -0.972. The third kappa shape index (κ3) is 4.48. The van der Waals surface area contributed by atoms with Gasteiger partial charge in [0.2, 0.25) is 0 Å². The van der Waals surface area contributed by atoms with E-state index in [9.17, 15) is 8.78 Å². The number of pyridine rings is 1. The second kappa shape index (κ2) is 6.96. The van der Waals surface area contributed by atoms with E-state index in [1.165, 1.54) is 12.1 Å². The van der Waals surface area contributed by atoms with Crippen molar-refractivity contribution in [1.82, 2.24) is 10.3 Å². The zero-order chi connectivity index (χ0) is 15.4. The molecule has 1 N–H and O–H groups in total. The molecule has 0 fully saturated rings. The van der Waals surface area contributed by atoms with Gasteiger partial charge in [0.1, 0.15) is 16.8 Å². The van der Waals surface area contributed by atoms with E-state index >= 15 is 0 Å². The van der Waals surface area contributed by atoms with Gasteiger partial charge in [0.15, 0.2) is 0 Å². The summed E-state index contributed by atoms with van der Waals surface area (Å²) in [4.78, 5) is 4.22. The second-order valence-corrected chi connectivity index (χ2v) is 5.50. The number of hydrogen-bond donors (Lipinski definition) is 1. The highest BCUT2D eigenvalue weighted by Crippen LogP contribution is 2.22. The van der Waals surface area contributed by atoms with Crippen LogP contribution in [0.25, 0.3) is 0 Å². The lowest BCUT2D eigenvalue weighted by Crippen LogP contribution is -2.20. The molecule has 0 aliphatic heterocycles. The molecule has 2 aromatic rings. The van der Waals surface area contributed by atoms with Crippen molar-refractivity contribution in [2.45, 2.75) is 26.3 Å². The van der Waals surface area contributed by atoms with Crippen LogP contribution in [0.2, 0.25) is 5.15 Å². The van der Waals surface area contributed by atoms with Crippen molar-refractivity contribution in [1.29, 1.82) is 0 Å². The number of aromatic nitrogens is 1. The van der Waals surface area contributed by atoms with Gasteiger partial charge < -0.3 is 5.32 Å². The van der Waals surface area contributed by atoms with E-state index in [-0.39, 0.29) is 5.92 Å². The van der Waals surface area contributed by atoms with Crippen LogP contribution >= 0.6 is 11.6 Å². The molecule has 0 saturated heterocycles. The Bertz CT molecular complexity index is 611. The number of nitrogens with zero attached hydrogens (tertiary/aromatic N) is 1. The molecule has 1 heterocycles. The highest BCUT2D eigenvalue weighted by Gasteiger charge is 2.10. The molecule has 0 spiro atoms. The molecular formula is C16H17ClF2N2. The fourth-order valence-electron chi connectivity index (χ4n) is 2.16. The van der Waals surface area contributed by atoms with Gasteiger partial charge in [0, 0.05) is 24.8 Å². The van der Waals surface area contributed by atoms with E-state index in [0.29, 0.717) is 23.8 Å². The van der Waals surface area contributed by atoms with Crippen LogP contribution < -0.4 is 5.32 Å². The van der Waals surface area contributed by atoms with Gasteiger partial charge in [0.25, 0.3) is 0 Å². The third-order valence-electron chi connectivity index (χ3n) is 3.25. The van der Waals surface area contributed by atoms with Crippen LogP contribution in [-0.4, -0.2) is 11.5 Å². The lowest BCUT2D eigenvalue weighted by molar-refractivity contribution is 0.570. The van der Waals surface area contributed by atoms with Gasteiger partial charge in [-0.1, -0.05) is 24.6 Å². The van der Waals surface area contributed by atoms with Crippen molar-refractivity contribution in [3.63, 3.8) is 0 Å². The molecule has 2 rings (SSSR count). The highest BCUT2D eigenvalue weighted by molar-refractivity contribution is 6.30. The minimum Gasteiger partial charge on any atom is -0.312 e. The van der Waals surface area contributed by atoms with Crippen molar-refractivity contribution in [3.05, 3.63) is 63.9 Å². The largest absolute Gasteiger partial charge is 0.312 e. The van der Waals surface area contributed by atoms with Gasteiger partial charge in [-0.05, 0) is 42.2 Å². The fourth-order valence-corrected chi connectivity index (χ4v) is 2.54. The molecule has 0 amide bonds. The molecule has 1 unspecified atom stereocenters. The monoisotopic (exact) mass is 310 g/mol. The Morgan fingerprint density at radius 2 is 1.86 bits per heavy atom. The van der Waals surface area contributed by atoms with E-state index in [1.807, 2.05) is 26.0 Å². The fraction of sp³-hybridized carbons (Fsp3) is 0.312. The summed E-state index contributed by atoms with van der Waals surface area (Å²) in [7, 11) is 0. The summed E-state index contributed by atoms with van der Waals surface area (Å²) in [6, 6.07) is 7.38. The average molecular weight is 311 g/mol. The van der Waals surface area contributed by atoms with Gasteiger partial charge in [-0.25, -0.2) is 13.8 Å². The lowest BCUT2D eigenvalue weighted by atomic mass is 10.0. The topological polar surface area (TPSA) is 24.9 Å². The Kier molecular flexibility index (Phi) is 5.26. The number of hydrogen-bond acceptors (Lipinski definition) is 2. The Labute approximate surface area is 128 Å². The van der Waals surface area contributed by atoms with Crippen LogP contribution in [0, 0.1) is 18.6 Å². The molecule has 0 aliphatic carbocycles. The predicted octanol–water partition coefficient (Wildman–Crippen LogP) is 4.21. The van der Waals surface area contributed by atoms with E-state index < -0.39 is 11.6 Å². The van der Waals surface area contributed by atoms with E-state index in [2.05, 4.69) is 10.3 Å². The van der Waals surface area contributed by atoms with Crippen LogP contribution in [0.4, 0.5) is 8.78 Å². The summed E-state index contributed by atoms with van der Waals surface area (Å²) in [6.45, 7) is 4.95. The second-order valence-electron chi connectivity index (χ2n) is 5.14. The zero-order valence-electron chi connectivity index (χ0n) is 12.0. The van der Waals surface area contributed by atoms with Crippen LogP contribution in [0.3, 0.4) is 0 Å². The number of halogens is 3. The van der Waals surface area contributed by atoms with Crippen molar-refractivity contribution < 1.29 is 8.78 Å². The lowest BCUT2D eigenvalue weighted by Gasteiger charge is -2.14. The first kappa shape index (κ1) is 15.9. The molecule has 112 valence electrons. The Morgan fingerprint density at radius 3 is 2.48 bits per heavy atom. The van der Waals surface area contributed by atoms with E-state index in [1.54, 1.807) is 0 Å². The SMILES string of the molecule is Cc1ccc(C(C)CNCc2cc(F)cc(F)c2)c(Cl)n1. The number of benzene rings is 1. The third-order valence-corrected chi connectivity index (χ3v) is 3.55. The van der Waals surface area contributed by atoms with Gasteiger partial charge in [0.05, 0.1) is 0 Å². The smallest absolute Gasteiger partial charge is 0.132 e. The summed E-state index contributed by atoms with van der Waals surface area (Å²) in [5, 5.41) is 3.68. The minimum absolute atomic E-state index is 0.156. The molecule has 0 bridgehead atoms. The quantitative estimate of drug-likeness (QED) is 0.837. The molecule has 0 saturated carbocycles. The Morgan fingerprint density at radius 1 is 1.19 bits per heavy atom. The van der Waals surface area contributed by atoms with E-state index in [0.717, 1.165) is 17.3 Å². The molecule has 1 aromatic carbocycles. The van der Waals surface area contributed by atoms with Crippen molar-refractivity contribution in [2.24, 2.45) is 0 Å². The Balaban J connectivity index is 1.93. The normalized spacial score (nSPS) is 12.4. The predicted molar refractivity (Wildman–Crippen MR) is 80.5 cm³/mol. The number of rotatable bonds is 5. The molecule has 1 atom stereocenters. The van der Waals surface area contributed by atoms with E-state index in [4.69, 9.17) is 11.6 Å². The van der Waals surface area contributed by atoms with Crippen molar-refractivity contribution >= 4 is 11.6 Å². The van der Waals surface area contributed by atoms with Crippen molar-refractivity contribution in [3.8, 4) is 0 Å². The molecular weight excluding hydrogens is 294 g/mol. The van der Waals surface area contributed by atoms with Gasteiger partial charge in [-0.3, -0.25) is 0 Å². The summed E-state index contributed by atoms with van der Waals surface area (Å²) in [6.07, 6.45) is 0. The number of nitrogens with one attached hydrogen (secondary N) is 1. The highest BCUT2D eigenvalue weighted by atomic mass is 35.5. The standard InChI is InChI=1S/C16H17ClF2N2/c1-10(15-4-3-11(2)21-16(15)17)8-20-9-12-5-13(18)7-14(19)6-12/h3-7,10,20H,8-9H2,1-2H3. The molecule has 5 heteroatoms. The molecule has 2 nitrogen and oxygen atoms in total. The maximum Gasteiger partial charge on any atom is 0.132 e. The van der Waals surface area contributed by atoms with Gasteiger partial charge >= 0.3 is 0 Å². The van der Waals surface area contributed by atoms with Crippen LogP contribution in [0.5, 0.6) is 0 Å². The summed E-state index contributed by atoms with van der Waals surface area (Å²) < 4.78 is 26.2. The van der Waals surface area contributed by atoms with Crippen LogP contribution in [-0.2, 0) is 6.54 Å². The van der Waals surface area contributed by atoms with Gasteiger partial charge in [-0.15, -0.1) is 0 Å². The zero-order valence-corrected chi connectivity index (χ0v) is 12.7. The molecule has 0 aliphatic rings. The first-order chi connectivity index (χ1) is 9.95. The van der Waals surface area contributed by atoms with Crippen LogP contribution in [0.15, 0.2) is 30.3 Å². The Hall–Kier alpha value is -1.52. The van der Waals surface area contributed by atoms with Crippen molar-refractivity contribution in [2.75, 3.05) is 6.54 Å². The summed E-state index contributed by atoms with van der Waals surface area (Å²) in [5.41, 5.74) is 2.41. The summed E-state index contributed by atoms with van der Waals surface area (Å²) >= 11 is 6.12.